The number of rotatable bonds is 4. The standard InChI is InChI=1S/C14H25N3/c1-4-15-14(12-8-6-5-7-9-12)13-10-11(2)16-17(13)3/h10,12,14-15H,4-9H2,1-3H3. The van der Waals surface area contributed by atoms with Crippen LogP contribution in [0.5, 0.6) is 0 Å². The van der Waals surface area contributed by atoms with E-state index in [1.807, 2.05) is 0 Å². The Labute approximate surface area is 105 Å². The summed E-state index contributed by atoms with van der Waals surface area (Å²) in [4.78, 5) is 0. The summed E-state index contributed by atoms with van der Waals surface area (Å²) in [5, 5.41) is 8.15. The van der Waals surface area contributed by atoms with Crippen molar-refractivity contribution in [2.75, 3.05) is 6.54 Å². The molecule has 1 atom stereocenters. The van der Waals surface area contributed by atoms with E-state index in [-0.39, 0.29) is 0 Å². The molecule has 1 fully saturated rings. The van der Waals surface area contributed by atoms with Crippen LogP contribution in [0.3, 0.4) is 0 Å². The van der Waals surface area contributed by atoms with Gasteiger partial charge in [0, 0.05) is 7.05 Å². The van der Waals surface area contributed by atoms with Crippen LogP contribution in [-0.2, 0) is 7.05 Å². The van der Waals surface area contributed by atoms with Crippen LogP contribution >= 0.6 is 0 Å². The second kappa shape index (κ2) is 5.67. The minimum absolute atomic E-state index is 0.492. The Balaban J connectivity index is 2.18. The Bertz CT molecular complexity index is 350. The van der Waals surface area contributed by atoms with Crippen molar-refractivity contribution < 1.29 is 0 Å². The normalized spacial score (nSPS) is 19.5. The first-order valence-electron chi connectivity index (χ1n) is 6.96. The van der Waals surface area contributed by atoms with Crippen molar-refractivity contribution in [1.82, 2.24) is 15.1 Å². The number of aryl methyl sites for hydroxylation is 2. The van der Waals surface area contributed by atoms with Gasteiger partial charge < -0.3 is 5.32 Å². The van der Waals surface area contributed by atoms with Gasteiger partial charge in [0.05, 0.1) is 17.4 Å². The molecule has 96 valence electrons. The Morgan fingerprint density at radius 1 is 1.41 bits per heavy atom. The number of nitrogens with one attached hydrogen (secondary N) is 1. The topological polar surface area (TPSA) is 29.9 Å². The number of hydrogen-bond acceptors (Lipinski definition) is 2. The van der Waals surface area contributed by atoms with Gasteiger partial charge in [-0.3, -0.25) is 4.68 Å². The molecule has 0 bridgehead atoms. The Kier molecular flexibility index (Phi) is 4.21. The first-order valence-corrected chi connectivity index (χ1v) is 6.96. The van der Waals surface area contributed by atoms with Crippen LogP contribution in [0.4, 0.5) is 0 Å². The molecule has 1 saturated carbocycles. The monoisotopic (exact) mass is 235 g/mol. The summed E-state index contributed by atoms with van der Waals surface area (Å²) >= 11 is 0. The summed E-state index contributed by atoms with van der Waals surface area (Å²) in [5.74, 6) is 0.790. The van der Waals surface area contributed by atoms with E-state index in [1.54, 1.807) is 0 Å². The highest BCUT2D eigenvalue weighted by atomic mass is 15.3. The fraction of sp³-hybridized carbons (Fsp3) is 0.786. The van der Waals surface area contributed by atoms with Gasteiger partial charge in [-0.05, 0) is 38.3 Å². The molecule has 2 rings (SSSR count). The number of hydrogen-bond donors (Lipinski definition) is 1. The summed E-state index contributed by atoms with van der Waals surface area (Å²) in [5.41, 5.74) is 2.48. The van der Waals surface area contributed by atoms with Crippen LogP contribution in [0.2, 0.25) is 0 Å². The maximum atomic E-state index is 4.49. The highest BCUT2D eigenvalue weighted by Crippen LogP contribution is 2.34. The molecule has 1 heterocycles. The van der Waals surface area contributed by atoms with Crippen molar-refractivity contribution in [3.63, 3.8) is 0 Å². The second-order valence-corrected chi connectivity index (χ2v) is 5.27. The highest BCUT2D eigenvalue weighted by molar-refractivity contribution is 5.14. The first kappa shape index (κ1) is 12.6. The molecule has 0 saturated heterocycles. The van der Waals surface area contributed by atoms with Gasteiger partial charge >= 0.3 is 0 Å². The minimum atomic E-state index is 0.492. The molecule has 1 N–H and O–H groups in total. The molecule has 0 aliphatic heterocycles. The zero-order valence-electron chi connectivity index (χ0n) is 11.4. The van der Waals surface area contributed by atoms with Crippen molar-refractivity contribution >= 4 is 0 Å². The maximum Gasteiger partial charge on any atom is 0.0597 e. The van der Waals surface area contributed by atoms with E-state index >= 15 is 0 Å². The van der Waals surface area contributed by atoms with E-state index in [1.165, 1.54) is 37.8 Å². The molecule has 1 aromatic rings. The largest absolute Gasteiger partial charge is 0.309 e. The van der Waals surface area contributed by atoms with Crippen LogP contribution in [0.15, 0.2) is 6.07 Å². The predicted octanol–water partition coefficient (Wildman–Crippen LogP) is 2.96. The molecular weight excluding hydrogens is 210 g/mol. The average Bonchev–Trinajstić information content (AvgIpc) is 2.66. The molecular formula is C14H25N3. The Morgan fingerprint density at radius 2 is 2.12 bits per heavy atom. The molecule has 1 aromatic heterocycles. The molecule has 0 radical (unpaired) electrons. The van der Waals surface area contributed by atoms with Crippen LogP contribution in [0, 0.1) is 12.8 Å². The molecule has 1 unspecified atom stereocenters. The van der Waals surface area contributed by atoms with Gasteiger partial charge in [-0.15, -0.1) is 0 Å². The van der Waals surface area contributed by atoms with Gasteiger partial charge in [0.1, 0.15) is 0 Å². The molecule has 3 heteroatoms. The third-order valence-corrected chi connectivity index (χ3v) is 3.90. The second-order valence-electron chi connectivity index (χ2n) is 5.27. The lowest BCUT2D eigenvalue weighted by molar-refractivity contribution is 0.265. The van der Waals surface area contributed by atoms with Gasteiger partial charge in [0.25, 0.3) is 0 Å². The highest BCUT2D eigenvalue weighted by Gasteiger charge is 2.26. The van der Waals surface area contributed by atoms with Crippen molar-refractivity contribution in [2.24, 2.45) is 13.0 Å². The lowest BCUT2D eigenvalue weighted by atomic mass is 9.82. The third-order valence-electron chi connectivity index (χ3n) is 3.90. The maximum absolute atomic E-state index is 4.49. The Morgan fingerprint density at radius 3 is 2.65 bits per heavy atom. The molecule has 0 aromatic carbocycles. The van der Waals surface area contributed by atoms with Gasteiger partial charge in [-0.1, -0.05) is 26.2 Å². The third kappa shape index (κ3) is 2.89. The fourth-order valence-electron chi connectivity index (χ4n) is 3.12. The summed E-state index contributed by atoms with van der Waals surface area (Å²) in [6, 6.07) is 2.73. The zero-order valence-corrected chi connectivity index (χ0v) is 11.4. The molecule has 17 heavy (non-hydrogen) atoms. The van der Waals surface area contributed by atoms with E-state index in [9.17, 15) is 0 Å². The van der Waals surface area contributed by atoms with Gasteiger partial charge in [-0.2, -0.15) is 5.10 Å². The Hall–Kier alpha value is -0.830. The van der Waals surface area contributed by atoms with E-state index < -0.39 is 0 Å². The number of aromatic nitrogens is 2. The summed E-state index contributed by atoms with van der Waals surface area (Å²) in [7, 11) is 2.06. The number of nitrogens with zero attached hydrogens (tertiary/aromatic N) is 2. The van der Waals surface area contributed by atoms with Crippen LogP contribution in [0.1, 0.15) is 56.5 Å². The first-order chi connectivity index (χ1) is 8.22. The average molecular weight is 235 g/mol. The van der Waals surface area contributed by atoms with Crippen LogP contribution < -0.4 is 5.32 Å². The predicted molar refractivity (Wildman–Crippen MR) is 70.9 cm³/mol. The summed E-state index contributed by atoms with van der Waals surface area (Å²) in [6.07, 6.45) is 6.93. The smallest absolute Gasteiger partial charge is 0.0597 e. The fourth-order valence-corrected chi connectivity index (χ4v) is 3.12. The quantitative estimate of drug-likeness (QED) is 0.869. The van der Waals surface area contributed by atoms with Gasteiger partial charge in [0.2, 0.25) is 0 Å². The van der Waals surface area contributed by atoms with Crippen molar-refractivity contribution in [3.8, 4) is 0 Å². The van der Waals surface area contributed by atoms with Gasteiger partial charge in [-0.25, -0.2) is 0 Å². The van der Waals surface area contributed by atoms with Gasteiger partial charge in [0.15, 0.2) is 0 Å². The lowest BCUT2D eigenvalue weighted by Gasteiger charge is -2.30. The van der Waals surface area contributed by atoms with Crippen molar-refractivity contribution in [1.29, 1.82) is 0 Å². The molecule has 1 aliphatic rings. The van der Waals surface area contributed by atoms with E-state index in [4.69, 9.17) is 0 Å². The zero-order chi connectivity index (χ0) is 12.3. The minimum Gasteiger partial charge on any atom is -0.309 e. The van der Waals surface area contributed by atoms with Crippen LogP contribution in [-0.4, -0.2) is 16.3 Å². The molecule has 3 nitrogen and oxygen atoms in total. The molecule has 0 spiro atoms. The molecule has 0 amide bonds. The van der Waals surface area contributed by atoms with E-state index in [0.717, 1.165) is 18.2 Å². The van der Waals surface area contributed by atoms with Crippen molar-refractivity contribution in [3.05, 3.63) is 17.5 Å². The summed E-state index contributed by atoms with van der Waals surface area (Å²) < 4.78 is 2.05. The van der Waals surface area contributed by atoms with E-state index in [0.29, 0.717) is 6.04 Å². The van der Waals surface area contributed by atoms with Crippen molar-refractivity contribution in [2.45, 2.75) is 52.0 Å². The SMILES string of the molecule is CCNC(c1cc(C)nn1C)C1CCCCC1. The molecule has 1 aliphatic carbocycles. The van der Waals surface area contributed by atoms with E-state index in [2.05, 4.69) is 42.1 Å². The lowest BCUT2D eigenvalue weighted by Crippen LogP contribution is -2.31. The van der Waals surface area contributed by atoms with Crippen LogP contribution in [0.25, 0.3) is 0 Å². The summed E-state index contributed by atoms with van der Waals surface area (Å²) in [6.45, 7) is 5.30.